The number of hydrogen-bond acceptors (Lipinski definition) is 4. The van der Waals surface area contributed by atoms with Gasteiger partial charge in [0.2, 0.25) is 5.91 Å². The molecular formula is C25H23FN2O2S2. The Balaban J connectivity index is 1.35. The number of amides is 1. The molecule has 5 atom stereocenters. The number of benzene rings is 2. The maximum Gasteiger partial charge on any atom is 0.308 e. The normalized spacial score (nSPS) is 27.7. The summed E-state index contributed by atoms with van der Waals surface area (Å²) in [6.45, 7) is -0.0258. The van der Waals surface area contributed by atoms with Gasteiger partial charge < -0.3 is 5.32 Å². The van der Waals surface area contributed by atoms with Crippen LogP contribution >= 0.6 is 23.1 Å². The summed E-state index contributed by atoms with van der Waals surface area (Å²) in [6, 6.07) is 16.2. The molecule has 0 spiro atoms. The van der Waals surface area contributed by atoms with Crippen molar-refractivity contribution in [2.24, 2.45) is 17.8 Å². The van der Waals surface area contributed by atoms with Crippen molar-refractivity contribution in [1.82, 2.24) is 4.57 Å². The molecule has 4 nitrogen and oxygen atoms in total. The van der Waals surface area contributed by atoms with Gasteiger partial charge in [-0.2, -0.15) is 0 Å². The number of nitrogens with zero attached hydrogens (tertiary/aromatic N) is 1. The fourth-order valence-electron chi connectivity index (χ4n) is 6.00. The van der Waals surface area contributed by atoms with E-state index in [1.165, 1.54) is 60.4 Å². The molecule has 2 heterocycles. The second-order valence-corrected chi connectivity index (χ2v) is 11.2. The van der Waals surface area contributed by atoms with Gasteiger partial charge in [0.05, 0.1) is 5.03 Å². The van der Waals surface area contributed by atoms with Crippen molar-refractivity contribution in [2.75, 3.05) is 5.32 Å². The average Bonchev–Trinajstić information content (AvgIpc) is 3.49. The van der Waals surface area contributed by atoms with E-state index in [2.05, 4.69) is 29.6 Å². The third-order valence-electron chi connectivity index (χ3n) is 7.28. The Bertz CT molecular complexity index is 1220. The lowest BCUT2D eigenvalue weighted by Crippen LogP contribution is -2.34. The molecule has 2 saturated carbocycles. The van der Waals surface area contributed by atoms with Crippen LogP contribution in [-0.2, 0) is 11.3 Å². The van der Waals surface area contributed by atoms with E-state index >= 15 is 0 Å². The Hall–Kier alpha value is -2.38. The van der Waals surface area contributed by atoms with Crippen molar-refractivity contribution >= 4 is 34.7 Å². The van der Waals surface area contributed by atoms with Gasteiger partial charge in [-0.1, -0.05) is 41.7 Å². The summed E-state index contributed by atoms with van der Waals surface area (Å²) >= 11 is 3.13. The molecule has 1 aromatic heterocycles. The van der Waals surface area contributed by atoms with Gasteiger partial charge >= 0.3 is 4.87 Å². The molecular weight excluding hydrogens is 443 g/mol. The number of aromatic nitrogens is 1. The third kappa shape index (κ3) is 3.33. The first-order chi connectivity index (χ1) is 15.6. The van der Waals surface area contributed by atoms with Crippen LogP contribution in [0.2, 0.25) is 0 Å². The van der Waals surface area contributed by atoms with Crippen LogP contribution in [0.1, 0.15) is 35.6 Å². The van der Waals surface area contributed by atoms with E-state index in [9.17, 15) is 14.0 Å². The van der Waals surface area contributed by atoms with E-state index in [0.29, 0.717) is 22.8 Å². The number of carbonyl (C=O) groups excluding carboxylic acids is 1. The predicted octanol–water partition coefficient (Wildman–Crippen LogP) is 5.34. The van der Waals surface area contributed by atoms with Crippen molar-refractivity contribution < 1.29 is 9.18 Å². The minimum atomic E-state index is -0.352. The van der Waals surface area contributed by atoms with Crippen LogP contribution in [0.15, 0.2) is 64.4 Å². The lowest BCUT2D eigenvalue weighted by Gasteiger charge is -2.40. The SMILES string of the molecule is O=C(Cn1c2c(sc1=O)[C@H](c1ccccc1)C1C3CCC(C3)C1S2)Nc1ccc(F)cc1. The Kier molecular flexibility index (Phi) is 4.99. The Morgan fingerprint density at radius 2 is 1.81 bits per heavy atom. The zero-order valence-corrected chi connectivity index (χ0v) is 19.0. The minimum Gasteiger partial charge on any atom is -0.325 e. The molecule has 1 aliphatic heterocycles. The van der Waals surface area contributed by atoms with E-state index in [0.717, 1.165) is 15.8 Å². The zero-order valence-electron chi connectivity index (χ0n) is 17.4. The molecule has 7 heteroatoms. The summed E-state index contributed by atoms with van der Waals surface area (Å²) in [6.07, 6.45) is 3.85. The van der Waals surface area contributed by atoms with Gasteiger partial charge in [-0.05, 0) is 66.8 Å². The number of anilines is 1. The first-order valence-corrected chi connectivity index (χ1v) is 12.8. The highest BCUT2D eigenvalue weighted by Gasteiger charge is 2.55. The average molecular weight is 467 g/mol. The van der Waals surface area contributed by atoms with Crippen molar-refractivity contribution in [2.45, 2.75) is 42.0 Å². The molecule has 6 rings (SSSR count). The molecule has 2 bridgehead atoms. The molecule has 3 aliphatic rings. The number of fused-ring (bicyclic) bond motifs is 6. The van der Waals surface area contributed by atoms with Crippen molar-refractivity contribution in [3.8, 4) is 0 Å². The van der Waals surface area contributed by atoms with E-state index in [4.69, 9.17) is 0 Å². The maximum absolute atomic E-state index is 13.2. The Labute approximate surface area is 193 Å². The molecule has 2 aromatic carbocycles. The Morgan fingerprint density at radius 1 is 1.06 bits per heavy atom. The van der Waals surface area contributed by atoms with Crippen LogP contribution in [0.5, 0.6) is 0 Å². The zero-order chi connectivity index (χ0) is 21.8. The van der Waals surface area contributed by atoms with Crippen LogP contribution in [0.3, 0.4) is 0 Å². The molecule has 32 heavy (non-hydrogen) atoms. The summed E-state index contributed by atoms with van der Waals surface area (Å²) in [5.74, 6) is 1.59. The number of thiazole rings is 1. The summed E-state index contributed by atoms with van der Waals surface area (Å²) in [4.78, 5) is 26.8. The van der Waals surface area contributed by atoms with E-state index < -0.39 is 0 Å². The first-order valence-electron chi connectivity index (χ1n) is 11.1. The van der Waals surface area contributed by atoms with Crippen LogP contribution in [-0.4, -0.2) is 15.7 Å². The van der Waals surface area contributed by atoms with E-state index in [-0.39, 0.29) is 29.1 Å². The van der Waals surface area contributed by atoms with E-state index in [1.807, 2.05) is 17.8 Å². The van der Waals surface area contributed by atoms with Gasteiger partial charge in [-0.25, -0.2) is 4.39 Å². The number of thioether (sulfide) groups is 1. The van der Waals surface area contributed by atoms with Gasteiger partial charge in [-0.3, -0.25) is 14.2 Å². The number of hydrogen-bond donors (Lipinski definition) is 1. The quantitative estimate of drug-likeness (QED) is 0.565. The molecule has 0 saturated heterocycles. The third-order valence-corrected chi connectivity index (χ3v) is 10.1. The molecule has 1 amide bonds. The predicted molar refractivity (Wildman–Crippen MR) is 126 cm³/mol. The highest BCUT2D eigenvalue weighted by molar-refractivity contribution is 8.00. The molecule has 0 radical (unpaired) electrons. The Morgan fingerprint density at radius 3 is 2.59 bits per heavy atom. The minimum absolute atomic E-state index is 0.0258. The van der Waals surface area contributed by atoms with Crippen molar-refractivity contribution in [3.63, 3.8) is 0 Å². The smallest absolute Gasteiger partial charge is 0.308 e. The second-order valence-electron chi connectivity index (χ2n) is 9.06. The number of nitrogens with one attached hydrogen (secondary N) is 1. The van der Waals surface area contributed by atoms with Crippen LogP contribution in [0.25, 0.3) is 0 Å². The topological polar surface area (TPSA) is 51.1 Å². The standard InChI is InChI=1S/C25H23FN2O2S2/c26-17-8-10-18(11-9-17)27-19(29)13-28-24-23(32-25(28)30)20(14-4-2-1-3-5-14)21-15-6-7-16(12-15)22(21)31-24/h1-5,8-11,15-16,20-22H,6-7,12-13H2,(H,27,29)/t15?,16?,20-,21?,22?/m1/s1. The van der Waals surface area contributed by atoms with Crippen molar-refractivity contribution in [3.05, 3.63) is 80.5 Å². The summed E-state index contributed by atoms with van der Waals surface area (Å²) in [5, 5.41) is 4.26. The monoisotopic (exact) mass is 466 g/mol. The molecule has 2 fully saturated rings. The lowest BCUT2D eigenvalue weighted by molar-refractivity contribution is -0.116. The highest BCUT2D eigenvalue weighted by atomic mass is 32.2. The summed E-state index contributed by atoms with van der Waals surface area (Å²) in [7, 11) is 0. The van der Waals surface area contributed by atoms with E-state index in [1.54, 1.807) is 4.57 Å². The number of halogens is 1. The van der Waals surface area contributed by atoms with Crippen molar-refractivity contribution in [1.29, 1.82) is 0 Å². The second kappa shape index (κ2) is 7.89. The lowest BCUT2D eigenvalue weighted by atomic mass is 9.75. The fraction of sp³-hybridized carbons (Fsp3) is 0.360. The van der Waals surface area contributed by atoms with Crippen LogP contribution in [0.4, 0.5) is 10.1 Å². The molecule has 1 N–H and O–H groups in total. The largest absolute Gasteiger partial charge is 0.325 e. The van der Waals surface area contributed by atoms with Gasteiger partial charge in [-0.15, -0.1) is 11.8 Å². The van der Waals surface area contributed by atoms with Gasteiger partial charge in [0.1, 0.15) is 12.4 Å². The molecule has 4 unspecified atom stereocenters. The van der Waals surface area contributed by atoms with Gasteiger partial charge in [0, 0.05) is 21.7 Å². The molecule has 164 valence electrons. The van der Waals surface area contributed by atoms with Gasteiger partial charge in [0.15, 0.2) is 0 Å². The first kappa shape index (κ1) is 20.2. The summed E-state index contributed by atoms with van der Waals surface area (Å²) in [5.41, 5.74) is 1.80. The van der Waals surface area contributed by atoms with Crippen LogP contribution < -0.4 is 10.2 Å². The fourth-order valence-corrected chi connectivity index (χ4v) is 9.15. The number of carbonyl (C=O) groups is 1. The molecule has 3 aromatic rings. The highest BCUT2D eigenvalue weighted by Crippen LogP contribution is 2.63. The van der Waals surface area contributed by atoms with Crippen LogP contribution in [0, 0.1) is 23.6 Å². The molecule has 2 aliphatic carbocycles. The van der Waals surface area contributed by atoms with Gasteiger partial charge in [0.25, 0.3) is 0 Å². The number of rotatable bonds is 4. The maximum atomic E-state index is 13.2. The summed E-state index contributed by atoms with van der Waals surface area (Å²) < 4.78 is 14.8.